The number of thioether (sulfide) groups is 1. The molecule has 1 saturated heterocycles. The number of benzene rings is 2. The number of piperazine rings is 1. The Hall–Kier alpha value is -5.12. The number of halogens is 4. The van der Waals surface area contributed by atoms with E-state index in [9.17, 15) is 18.8 Å². The molecule has 0 bridgehead atoms. The number of nitrogens with one attached hydrogen (secondary N) is 2. The molecule has 16 heteroatoms. The van der Waals surface area contributed by atoms with Crippen molar-refractivity contribution in [3.8, 4) is 16.9 Å². The molecule has 2 N–H and O–H groups in total. The van der Waals surface area contributed by atoms with Crippen LogP contribution in [-0.4, -0.2) is 72.3 Å². The summed E-state index contributed by atoms with van der Waals surface area (Å²) in [6, 6.07) is 5.65. The highest BCUT2D eigenvalue weighted by Gasteiger charge is 2.40. The molecule has 1 fully saturated rings. The molecule has 0 radical (unpaired) electrons. The van der Waals surface area contributed by atoms with E-state index < -0.39 is 35.0 Å². The van der Waals surface area contributed by atoms with Crippen LogP contribution < -0.4 is 21.0 Å². The van der Waals surface area contributed by atoms with Crippen molar-refractivity contribution in [3.05, 3.63) is 87.7 Å². The lowest BCUT2D eigenvalue weighted by Gasteiger charge is -2.44. The molecule has 1 unspecified atom stereocenters. The van der Waals surface area contributed by atoms with Gasteiger partial charge in [0.05, 0.1) is 23.1 Å². The van der Waals surface area contributed by atoms with E-state index in [-0.39, 0.29) is 87.2 Å². The van der Waals surface area contributed by atoms with Gasteiger partial charge in [-0.3, -0.25) is 14.3 Å². The second kappa shape index (κ2) is 12.1. The molecular formula is C33H29F4N7O4S. The molecule has 1 amide bonds. The van der Waals surface area contributed by atoms with E-state index in [1.807, 2.05) is 0 Å². The van der Waals surface area contributed by atoms with E-state index in [1.165, 1.54) is 29.1 Å². The standard InChI is InChI=1S/C33H29F4N7O4S/c1-4-24(45)44-16(2)12-42(13-17(44)3)30-21-11-22(33(35,36)37)25(20-5-6-23(34)27-26(20)39-31(46)40-27)29-28(21)43(32(47)41-30)14-19(15-49-29)48-18-7-9-38-10-8-18/h4-11,16-17,19H,1,12-15H2,2-3H3,(H2,39,40,46)/t16-,17+,19?. The van der Waals surface area contributed by atoms with Crippen LogP contribution in [0.25, 0.3) is 33.1 Å². The fraction of sp³-hybridized carbons (Fsp3) is 0.303. The largest absolute Gasteiger partial charge is 0.488 e. The third-order valence-electron chi connectivity index (χ3n) is 8.80. The molecule has 0 saturated carbocycles. The summed E-state index contributed by atoms with van der Waals surface area (Å²) in [5.41, 5.74) is -3.16. The van der Waals surface area contributed by atoms with Crippen LogP contribution in [0.2, 0.25) is 0 Å². The third kappa shape index (κ3) is 5.62. The first-order valence-electron chi connectivity index (χ1n) is 15.3. The van der Waals surface area contributed by atoms with Crippen molar-refractivity contribution in [2.75, 3.05) is 23.7 Å². The molecule has 2 aliphatic rings. The molecule has 2 aromatic carbocycles. The van der Waals surface area contributed by atoms with Crippen molar-refractivity contribution < 1.29 is 27.1 Å². The quantitative estimate of drug-likeness (QED) is 0.195. The lowest BCUT2D eigenvalue weighted by Crippen LogP contribution is -2.58. The lowest BCUT2D eigenvalue weighted by molar-refractivity contribution is -0.137. The molecule has 3 aromatic heterocycles. The topological polar surface area (TPSA) is 129 Å². The Labute approximate surface area is 279 Å². The van der Waals surface area contributed by atoms with Crippen LogP contribution in [-0.2, 0) is 17.5 Å². The number of pyridine rings is 1. The van der Waals surface area contributed by atoms with Crippen molar-refractivity contribution in [1.82, 2.24) is 29.4 Å². The van der Waals surface area contributed by atoms with Crippen LogP contribution in [0.15, 0.2) is 69.9 Å². The molecule has 0 spiro atoms. The monoisotopic (exact) mass is 695 g/mol. The molecule has 5 heterocycles. The number of rotatable bonds is 5. The predicted octanol–water partition coefficient (Wildman–Crippen LogP) is 4.95. The summed E-state index contributed by atoms with van der Waals surface area (Å²) in [4.78, 5) is 55.5. The van der Waals surface area contributed by atoms with E-state index in [2.05, 4.69) is 26.5 Å². The van der Waals surface area contributed by atoms with Gasteiger partial charge < -0.3 is 24.5 Å². The maximum atomic E-state index is 15.3. The smallest absolute Gasteiger partial charge is 0.417 e. The number of carbonyl (C=O) groups is 1. The first-order valence-corrected chi connectivity index (χ1v) is 16.3. The van der Waals surface area contributed by atoms with Crippen molar-refractivity contribution in [1.29, 1.82) is 0 Å². The minimum Gasteiger partial charge on any atom is -0.488 e. The van der Waals surface area contributed by atoms with Crippen molar-refractivity contribution in [3.63, 3.8) is 0 Å². The zero-order valence-electron chi connectivity index (χ0n) is 26.2. The average molecular weight is 696 g/mol. The number of aromatic nitrogens is 5. The summed E-state index contributed by atoms with van der Waals surface area (Å²) in [6.07, 6.45) is -1.33. The van der Waals surface area contributed by atoms with Gasteiger partial charge in [0.15, 0.2) is 0 Å². The Morgan fingerprint density at radius 3 is 2.43 bits per heavy atom. The van der Waals surface area contributed by atoms with Gasteiger partial charge in [0.2, 0.25) is 5.91 Å². The van der Waals surface area contributed by atoms with E-state index in [0.29, 0.717) is 5.75 Å². The van der Waals surface area contributed by atoms with Crippen LogP contribution in [0.3, 0.4) is 0 Å². The number of imidazole rings is 1. The average Bonchev–Trinajstić information content (AvgIpc) is 3.35. The zero-order chi connectivity index (χ0) is 34.8. The highest BCUT2D eigenvalue weighted by molar-refractivity contribution is 7.99. The van der Waals surface area contributed by atoms with E-state index in [1.54, 1.807) is 35.8 Å². The van der Waals surface area contributed by atoms with Gasteiger partial charge in [0.25, 0.3) is 0 Å². The van der Waals surface area contributed by atoms with Crippen molar-refractivity contribution >= 4 is 45.4 Å². The summed E-state index contributed by atoms with van der Waals surface area (Å²) in [5, 5.41) is 0.0755. The second-order valence-corrected chi connectivity index (χ2v) is 13.1. The predicted molar refractivity (Wildman–Crippen MR) is 176 cm³/mol. The van der Waals surface area contributed by atoms with Gasteiger partial charge in [-0.05, 0) is 50.3 Å². The number of fused-ring (bicyclic) bond motifs is 1. The number of nitrogens with zero attached hydrogens (tertiary/aromatic N) is 5. The molecule has 3 atom stereocenters. The summed E-state index contributed by atoms with van der Waals surface area (Å²) in [5.74, 6) is -0.470. The first-order chi connectivity index (χ1) is 23.3. The summed E-state index contributed by atoms with van der Waals surface area (Å²) >= 11 is 1.07. The van der Waals surface area contributed by atoms with Gasteiger partial charge in [-0.25, -0.2) is 14.0 Å². The van der Waals surface area contributed by atoms with Crippen molar-refractivity contribution in [2.24, 2.45) is 0 Å². The molecule has 11 nitrogen and oxygen atoms in total. The minimum absolute atomic E-state index is 0.0377. The van der Waals surface area contributed by atoms with Gasteiger partial charge in [-0.15, -0.1) is 11.8 Å². The number of amides is 1. The van der Waals surface area contributed by atoms with Gasteiger partial charge in [-0.2, -0.15) is 18.2 Å². The number of alkyl halides is 3. The van der Waals surface area contributed by atoms with Crippen LogP contribution in [0.4, 0.5) is 23.4 Å². The van der Waals surface area contributed by atoms with E-state index in [4.69, 9.17) is 4.74 Å². The third-order valence-corrected chi connectivity index (χ3v) is 10.0. The molecular weight excluding hydrogens is 666 g/mol. The van der Waals surface area contributed by atoms with Gasteiger partial charge in [0.1, 0.15) is 29.0 Å². The first kappa shape index (κ1) is 32.4. The number of carbonyl (C=O) groups excluding carboxylic acids is 1. The fourth-order valence-corrected chi connectivity index (χ4v) is 8.13. The zero-order valence-corrected chi connectivity index (χ0v) is 27.0. The summed E-state index contributed by atoms with van der Waals surface area (Å²) in [7, 11) is 0. The number of hydrogen-bond acceptors (Lipinski definition) is 8. The highest BCUT2D eigenvalue weighted by atomic mass is 32.2. The summed E-state index contributed by atoms with van der Waals surface area (Å²) < 4.78 is 68.1. The maximum absolute atomic E-state index is 15.3. The minimum atomic E-state index is -4.93. The Kier molecular flexibility index (Phi) is 8.00. The Morgan fingerprint density at radius 1 is 1.06 bits per heavy atom. The molecule has 0 aliphatic carbocycles. The molecule has 5 aromatic rings. The van der Waals surface area contributed by atoms with Gasteiger partial charge in [0, 0.05) is 64.7 Å². The number of anilines is 1. The SMILES string of the molecule is C=CC(=O)N1[C@H](C)CN(c2nc(=O)n3c4c(c(-c5ccc(F)c6[nH]c(=O)[nH]c56)c(C(F)(F)F)cc24)SCC(Oc2ccncc2)C3)C[C@@H]1C. The van der Waals surface area contributed by atoms with Crippen molar-refractivity contribution in [2.45, 2.75) is 49.7 Å². The molecule has 254 valence electrons. The molecule has 2 aliphatic heterocycles. The number of H-pyrrole nitrogens is 2. The van der Waals surface area contributed by atoms with Gasteiger partial charge >= 0.3 is 17.6 Å². The molecule has 7 rings (SSSR count). The van der Waals surface area contributed by atoms with Crippen LogP contribution in [0.5, 0.6) is 5.75 Å². The maximum Gasteiger partial charge on any atom is 0.417 e. The lowest BCUT2D eigenvalue weighted by atomic mass is 9.95. The Morgan fingerprint density at radius 2 is 1.76 bits per heavy atom. The number of hydrogen-bond donors (Lipinski definition) is 2. The number of aromatic amines is 2. The Bertz CT molecular complexity index is 2240. The highest BCUT2D eigenvalue weighted by Crippen LogP contribution is 2.49. The van der Waals surface area contributed by atoms with E-state index >= 15 is 13.2 Å². The Balaban J connectivity index is 1.51. The number of ether oxygens (including phenoxy) is 1. The normalized spacial score (nSPS) is 19.7. The summed E-state index contributed by atoms with van der Waals surface area (Å²) in [6.45, 7) is 7.54. The second-order valence-electron chi connectivity index (χ2n) is 12.1. The molecule has 49 heavy (non-hydrogen) atoms. The van der Waals surface area contributed by atoms with Crippen LogP contribution >= 0.6 is 11.8 Å². The van der Waals surface area contributed by atoms with E-state index in [0.717, 1.165) is 23.9 Å². The van der Waals surface area contributed by atoms with Gasteiger partial charge in [-0.1, -0.05) is 6.58 Å². The van der Waals surface area contributed by atoms with Crippen LogP contribution in [0.1, 0.15) is 19.4 Å². The fourth-order valence-electron chi connectivity index (χ4n) is 6.88. The van der Waals surface area contributed by atoms with Crippen LogP contribution in [0, 0.1) is 5.82 Å².